The predicted octanol–water partition coefficient (Wildman–Crippen LogP) is 2.56. The van der Waals surface area contributed by atoms with Crippen LogP contribution in [0.4, 0.5) is 28.9 Å². The van der Waals surface area contributed by atoms with E-state index in [0.717, 1.165) is 24.4 Å². The van der Waals surface area contributed by atoms with Gasteiger partial charge < -0.3 is 21.5 Å². The fourth-order valence-corrected chi connectivity index (χ4v) is 2.82. The van der Waals surface area contributed by atoms with E-state index in [1.54, 1.807) is 6.07 Å². The molecular formula is C22H20F4N6O4. The molecule has 1 saturated carbocycles. The molecule has 14 heteroatoms. The van der Waals surface area contributed by atoms with Gasteiger partial charge in [-0.3, -0.25) is 14.6 Å². The minimum absolute atomic E-state index is 0.108. The van der Waals surface area contributed by atoms with Gasteiger partial charge in [0.2, 0.25) is 5.91 Å². The molecule has 0 saturated heterocycles. The minimum atomic E-state index is -4.69. The van der Waals surface area contributed by atoms with Crippen molar-refractivity contribution in [2.24, 2.45) is 5.73 Å². The van der Waals surface area contributed by atoms with Crippen LogP contribution in [0.2, 0.25) is 0 Å². The van der Waals surface area contributed by atoms with E-state index in [2.05, 4.69) is 25.8 Å². The molecule has 1 aromatic carbocycles. The van der Waals surface area contributed by atoms with Crippen molar-refractivity contribution in [2.75, 3.05) is 5.32 Å². The first-order valence-corrected chi connectivity index (χ1v) is 10.3. The summed E-state index contributed by atoms with van der Waals surface area (Å²) in [5.74, 6) is -2.37. The number of carboxylic acids is 1. The number of carbonyl (C=O) groups is 2. The highest BCUT2D eigenvalue weighted by atomic mass is 19.4. The van der Waals surface area contributed by atoms with E-state index in [1.807, 2.05) is 0 Å². The molecule has 0 unspecified atom stereocenters. The average molecular weight is 508 g/mol. The van der Waals surface area contributed by atoms with E-state index in [9.17, 15) is 31.9 Å². The number of anilines is 2. The zero-order valence-electron chi connectivity index (χ0n) is 18.4. The standard InChI is InChI=1S/C17H16F4N4O.C5H4N2O3/c18-10-1-4-14(13(7-10)17(19,20)21)25-12-3-2-11(23-9-12)8-24-15(26)16(22)5-6-16;8-4-1-3(5(9)10)2-6-7-4/h1-4,7,9,25H,5-6,8,22H2,(H,24,26);1-2H,(H,7,8)(H,9,10). The Morgan fingerprint density at radius 2 is 1.86 bits per heavy atom. The molecular weight excluding hydrogens is 488 g/mol. The van der Waals surface area contributed by atoms with Crippen LogP contribution in [0.5, 0.6) is 0 Å². The van der Waals surface area contributed by atoms with Crippen molar-refractivity contribution in [1.82, 2.24) is 20.5 Å². The van der Waals surface area contributed by atoms with Crippen molar-refractivity contribution in [3.8, 4) is 0 Å². The Hall–Kier alpha value is -4.33. The lowest BCUT2D eigenvalue weighted by Gasteiger charge is -2.15. The quantitative estimate of drug-likeness (QED) is 0.317. The summed E-state index contributed by atoms with van der Waals surface area (Å²) >= 11 is 0. The number of aromatic nitrogens is 3. The van der Waals surface area contributed by atoms with Crippen molar-refractivity contribution in [3.05, 3.63) is 81.8 Å². The zero-order valence-corrected chi connectivity index (χ0v) is 18.4. The number of nitrogens with one attached hydrogen (secondary N) is 3. The number of hydrogen-bond acceptors (Lipinski definition) is 7. The summed E-state index contributed by atoms with van der Waals surface area (Å²) in [4.78, 5) is 36.4. The second-order valence-corrected chi connectivity index (χ2v) is 7.83. The third kappa shape index (κ3) is 7.09. The van der Waals surface area contributed by atoms with Crippen molar-refractivity contribution in [2.45, 2.75) is 31.1 Å². The summed E-state index contributed by atoms with van der Waals surface area (Å²) in [6.07, 6.45) is -0.990. The van der Waals surface area contributed by atoms with Crippen molar-refractivity contribution >= 4 is 23.3 Å². The number of nitrogens with two attached hydrogens (primary N) is 1. The third-order valence-corrected chi connectivity index (χ3v) is 4.97. The Labute approximate surface area is 200 Å². The largest absolute Gasteiger partial charge is 0.478 e. The maximum absolute atomic E-state index is 13.1. The number of H-pyrrole nitrogens is 1. The highest BCUT2D eigenvalue weighted by molar-refractivity contribution is 5.89. The van der Waals surface area contributed by atoms with Gasteiger partial charge in [-0.25, -0.2) is 14.3 Å². The van der Waals surface area contributed by atoms with Crippen molar-refractivity contribution in [1.29, 1.82) is 0 Å². The number of benzene rings is 1. The molecule has 36 heavy (non-hydrogen) atoms. The first-order valence-electron chi connectivity index (χ1n) is 10.3. The number of carboxylic acid groups (broad SMARTS) is 1. The smallest absolute Gasteiger partial charge is 0.418 e. The number of amides is 1. The van der Waals surface area contributed by atoms with Crippen LogP contribution in [0.3, 0.4) is 0 Å². The van der Waals surface area contributed by atoms with Crippen LogP contribution in [0, 0.1) is 5.82 Å². The Morgan fingerprint density at radius 1 is 1.14 bits per heavy atom. The third-order valence-electron chi connectivity index (χ3n) is 4.97. The maximum atomic E-state index is 13.1. The van der Waals surface area contributed by atoms with Gasteiger partial charge in [0.05, 0.1) is 52.7 Å². The van der Waals surface area contributed by atoms with Gasteiger partial charge in [0.25, 0.3) is 5.56 Å². The number of rotatable bonds is 6. The number of hydrogen-bond donors (Lipinski definition) is 5. The van der Waals surface area contributed by atoms with Gasteiger partial charge in [0.15, 0.2) is 0 Å². The summed E-state index contributed by atoms with van der Waals surface area (Å²) in [5.41, 5.74) is 3.81. The summed E-state index contributed by atoms with van der Waals surface area (Å²) in [5, 5.41) is 18.9. The lowest BCUT2D eigenvalue weighted by Crippen LogP contribution is -2.42. The first kappa shape index (κ1) is 26.3. The number of carbonyl (C=O) groups excluding carboxylic acids is 1. The van der Waals surface area contributed by atoms with Gasteiger partial charge in [-0.1, -0.05) is 0 Å². The lowest BCUT2D eigenvalue weighted by atomic mass is 10.1. The molecule has 1 aliphatic carbocycles. The van der Waals surface area contributed by atoms with Gasteiger partial charge in [0.1, 0.15) is 5.82 Å². The second kappa shape index (κ2) is 10.5. The molecule has 1 fully saturated rings. The zero-order chi connectivity index (χ0) is 26.5. The second-order valence-electron chi connectivity index (χ2n) is 7.83. The van der Waals surface area contributed by atoms with Crippen molar-refractivity contribution < 1.29 is 32.3 Å². The van der Waals surface area contributed by atoms with Crippen LogP contribution in [0.1, 0.15) is 34.5 Å². The number of aromatic amines is 1. The van der Waals surface area contributed by atoms with Crippen molar-refractivity contribution in [3.63, 3.8) is 0 Å². The molecule has 3 aromatic rings. The summed E-state index contributed by atoms with van der Waals surface area (Å²) in [6, 6.07) is 6.44. The van der Waals surface area contributed by atoms with Crippen LogP contribution >= 0.6 is 0 Å². The van der Waals surface area contributed by atoms with Gasteiger partial charge in [0, 0.05) is 6.07 Å². The highest BCUT2D eigenvalue weighted by Gasteiger charge is 2.45. The molecule has 0 radical (unpaired) electrons. The predicted molar refractivity (Wildman–Crippen MR) is 119 cm³/mol. The Balaban J connectivity index is 0.000000303. The molecule has 0 atom stereocenters. The number of alkyl halides is 3. The molecule has 2 heterocycles. The van der Waals surface area contributed by atoms with Gasteiger partial charge in [-0.05, 0) is 43.2 Å². The van der Waals surface area contributed by atoms with E-state index >= 15 is 0 Å². The molecule has 0 aliphatic heterocycles. The van der Waals surface area contributed by atoms with Crippen LogP contribution in [-0.2, 0) is 17.5 Å². The molecule has 10 nitrogen and oxygen atoms in total. The summed E-state index contributed by atoms with van der Waals surface area (Å²) in [6.45, 7) is 0.169. The van der Waals surface area contributed by atoms with Gasteiger partial charge in [-0.15, -0.1) is 0 Å². The number of pyridine rings is 1. The van der Waals surface area contributed by atoms with E-state index in [-0.39, 0.29) is 23.7 Å². The maximum Gasteiger partial charge on any atom is 0.418 e. The monoisotopic (exact) mass is 508 g/mol. The molecule has 4 rings (SSSR count). The fourth-order valence-electron chi connectivity index (χ4n) is 2.82. The molecule has 6 N–H and O–H groups in total. The Morgan fingerprint density at radius 3 is 2.39 bits per heavy atom. The summed E-state index contributed by atoms with van der Waals surface area (Å²) in [7, 11) is 0. The fraction of sp³-hybridized carbons (Fsp3) is 0.227. The number of nitrogens with zero attached hydrogens (tertiary/aromatic N) is 2. The highest BCUT2D eigenvalue weighted by Crippen LogP contribution is 2.36. The van der Waals surface area contributed by atoms with Crippen LogP contribution in [0.25, 0.3) is 0 Å². The van der Waals surface area contributed by atoms with E-state index in [1.165, 1.54) is 12.3 Å². The molecule has 0 bridgehead atoms. The molecule has 0 spiro atoms. The molecule has 190 valence electrons. The molecule has 2 aromatic heterocycles. The minimum Gasteiger partial charge on any atom is -0.478 e. The lowest BCUT2D eigenvalue weighted by molar-refractivity contribution is -0.137. The van der Waals surface area contributed by atoms with E-state index in [0.29, 0.717) is 30.3 Å². The van der Waals surface area contributed by atoms with E-state index < -0.39 is 34.6 Å². The van der Waals surface area contributed by atoms with Crippen LogP contribution in [-0.4, -0.2) is 37.7 Å². The Kier molecular flexibility index (Phi) is 7.68. The normalized spacial score (nSPS) is 13.7. The summed E-state index contributed by atoms with van der Waals surface area (Å²) < 4.78 is 52.1. The first-order chi connectivity index (χ1) is 16.9. The van der Waals surface area contributed by atoms with Crippen LogP contribution in [0.15, 0.2) is 53.6 Å². The topological polar surface area (TPSA) is 163 Å². The van der Waals surface area contributed by atoms with Crippen LogP contribution < -0.4 is 21.9 Å². The number of aromatic carboxylic acids is 1. The molecule has 1 amide bonds. The van der Waals surface area contributed by atoms with E-state index in [4.69, 9.17) is 10.8 Å². The molecule has 1 aliphatic rings. The number of halogens is 4. The SMILES string of the molecule is NC1(C(=O)NCc2ccc(Nc3ccc(F)cc3C(F)(F)F)cn2)CC1.O=C(O)c1cn[nH]c(=O)c1. The Bertz CT molecular complexity index is 1310. The average Bonchev–Trinajstić information content (AvgIpc) is 3.58. The van der Waals surface area contributed by atoms with Gasteiger partial charge in [-0.2, -0.15) is 18.3 Å². The van der Waals surface area contributed by atoms with Gasteiger partial charge >= 0.3 is 12.1 Å².